The first-order valence-corrected chi connectivity index (χ1v) is 9.26. The molecule has 0 fully saturated rings. The first-order valence-electron chi connectivity index (χ1n) is 8.28. The Kier molecular flexibility index (Phi) is 5.42. The third kappa shape index (κ3) is 3.80. The van der Waals surface area contributed by atoms with E-state index in [1.165, 1.54) is 17.3 Å². The van der Waals surface area contributed by atoms with E-state index in [0.29, 0.717) is 10.9 Å². The normalized spacial score (nSPS) is 10.8. The second-order valence-corrected chi connectivity index (χ2v) is 7.09. The summed E-state index contributed by atoms with van der Waals surface area (Å²) in [6.45, 7) is 6.06. The van der Waals surface area contributed by atoms with Crippen molar-refractivity contribution in [2.45, 2.75) is 25.9 Å². The maximum absolute atomic E-state index is 12.7. The number of carbonyl (C=O) groups excluding carboxylic acids is 1. The van der Waals surface area contributed by atoms with Crippen molar-refractivity contribution in [3.63, 3.8) is 0 Å². The molecule has 26 heavy (non-hydrogen) atoms. The molecule has 1 heterocycles. The van der Waals surface area contributed by atoms with Gasteiger partial charge in [0.05, 0.1) is 12.9 Å². The number of thioether (sulfide) groups is 1. The molecule has 3 aromatic rings. The van der Waals surface area contributed by atoms with E-state index in [9.17, 15) is 4.79 Å². The number of hydrogen-bond acceptors (Lipinski definition) is 5. The van der Waals surface area contributed by atoms with Gasteiger partial charge in [-0.15, -0.1) is 10.2 Å². The molecule has 0 amide bonds. The fourth-order valence-electron chi connectivity index (χ4n) is 2.71. The summed E-state index contributed by atoms with van der Waals surface area (Å²) in [4.78, 5) is 12.7. The second-order valence-electron chi connectivity index (χ2n) is 6.14. The topological polar surface area (TPSA) is 57.0 Å². The number of methoxy groups -OCH3 is 1. The number of carbonyl (C=O) groups is 1. The summed E-state index contributed by atoms with van der Waals surface area (Å²) in [5.74, 6) is 1.20. The lowest BCUT2D eigenvalue weighted by atomic mass is 9.99. The number of ether oxygens (including phenoxy) is 1. The van der Waals surface area contributed by atoms with Crippen molar-refractivity contribution in [1.82, 2.24) is 14.8 Å². The summed E-state index contributed by atoms with van der Waals surface area (Å²) in [6.07, 6.45) is 1.65. The van der Waals surface area contributed by atoms with E-state index in [0.717, 1.165) is 28.1 Å². The van der Waals surface area contributed by atoms with Crippen molar-refractivity contribution in [2.24, 2.45) is 0 Å². The molecule has 0 unspecified atom stereocenters. The minimum Gasteiger partial charge on any atom is -0.497 e. The molecule has 0 aliphatic heterocycles. The Labute approximate surface area is 157 Å². The smallest absolute Gasteiger partial charge is 0.196 e. The van der Waals surface area contributed by atoms with Gasteiger partial charge in [-0.25, -0.2) is 0 Å². The molecule has 0 spiro atoms. The van der Waals surface area contributed by atoms with Gasteiger partial charge in [-0.2, -0.15) is 0 Å². The van der Waals surface area contributed by atoms with Crippen LogP contribution in [0.1, 0.15) is 27.0 Å². The van der Waals surface area contributed by atoms with Crippen LogP contribution in [-0.2, 0) is 0 Å². The van der Waals surface area contributed by atoms with Crippen molar-refractivity contribution in [2.75, 3.05) is 12.9 Å². The molecule has 0 aliphatic carbocycles. The van der Waals surface area contributed by atoms with E-state index in [1.807, 2.05) is 48.7 Å². The Bertz CT molecular complexity index is 933. The van der Waals surface area contributed by atoms with Gasteiger partial charge in [-0.3, -0.25) is 9.36 Å². The van der Waals surface area contributed by atoms with Gasteiger partial charge in [-0.05, 0) is 67.8 Å². The van der Waals surface area contributed by atoms with Crippen LogP contribution in [0.2, 0.25) is 0 Å². The van der Waals surface area contributed by atoms with E-state index in [-0.39, 0.29) is 5.78 Å². The largest absolute Gasteiger partial charge is 0.497 e. The van der Waals surface area contributed by atoms with Gasteiger partial charge < -0.3 is 4.74 Å². The molecule has 2 aromatic carbocycles. The van der Waals surface area contributed by atoms with E-state index < -0.39 is 0 Å². The standard InChI is InChI=1S/C20H21N3O2S/c1-13-9-15(3)18(10-14(13)2)19(24)11-26-20-22-21-12-23(20)16-5-7-17(25-4)8-6-16/h5-10,12H,11H2,1-4H3. The Morgan fingerprint density at radius 1 is 1.08 bits per heavy atom. The predicted molar refractivity (Wildman–Crippen MR) is 104 cm³/mol. The molecule has 0 atom stereocenters. The average Bonchev–Trinajstić information content (AvgIpc) is 3.11. The van der Waals surface area contributed by atoms with E-state index in [2.05, 4.69) is 23.2 Å². The van der Waals surface area contributed by atoms with Crippen molar-refractivity contribution in [1.29, 1.82) is 0 Å². The zero-order valence-electron chi connectivity index (χ0n) is 15.3. The SMILES string of the molecule is COc1ccc(-n2cnnc2SCC(=O)c2cc(C)c(C)cc2C)cc1. The minimum absolute atomic E-state index is 0.0971. The lowest BCUT2D eigenvalue weighted by Gasteiger charge is -2.10. The van der Waals surface area contributed by atoms with Crippen LogP contribution < -0.4 is 4.74 Å². The molecular weight excluding hydrogens is 346 g/mol. The lowest BCUT2D eigenvalue weighted by Crippen LogP contribution is -2.07. The fourth-order valence-corrected chi connectivity index (χ4v) is 3.52. The van der Waals surface area contributed by atoms with Crippen LogP contribution in [0.25, 0.3) is 5.69 Å². The average molecular weight is 367 g/mol. The predicted octanol–water partition coefficient (Wildman–Crippen LogP) is 4.18. The van der Waals surface area contributed by atoms with Crippen molar-refractivity contribution in [3.05, 3.63) is 65.0 Å². The summed E-state index contributed by atoms with van der Waals surface area (Å²) < 4.78 is 7.05. The summed E-state index contributed by atoms with van der Waals surface area (Å²) in [5, 5.41) is 8.82. The van der Waals surface area contributed by atoms with Crippen LogP contribution in [0.3, 0.4) is 0 Å². The number of aryl methyl sites for hydroxylation is 3. The van der Waals surface area contributed by atoms with Gasteiger partial charge in [0.25, 0.3) is 0 Å². The first-order chi connectivity index (χ1) is 12.5. The number of aromatic nitrogens is 3. The molecule has 3 rings (SSSR count). The van der Waals surface area contributed by atoms with Crippen molar-refractivity contribution in [3.8, 4) is 11.4 Å². The Morgan fingerprint density at radius 3 is 2.46 bits per heavy atom. The summed E-state index contributed by atoms with van der Waals surface area (Å²) in [5.41, 5.74) is 5.04. The highest BCUT2D eigenvalue weighted by Crippen LogP contribution is 2.23. The third-order valence-electron chi connectivity index (χ3n) is 4.34. The molecule has 0 saturated carbocycles. The molecule has 0 N–H and O–H groups in total. The summed E-state index contributed by atoms with van der Waals surface area (Å²) >= 11 is 1.39. The third-order valence-corrected chi connectivity index (χ3v) is 5.28. The van der Waals surface area contributed by atoms with Crippen LogP contribution in [0.15, 0.2) is 47.9 Å². The molecule has 1 aromatic heterocycles. The zero-order valence-corrected chi connectivity index (χ0v) is 16.1. The van der Waals surface area contributed by atoms with Gasteiger partial charge >= 0.3 is 0 Å². The molecule has 0 saturated heterocycles. The summed E-state index contributed by atoms with van der Waals surface area (Å²) in [6, 6.07) is 11.7. The minimum atomic E-state index is 0.0971. The van der Waals surface area contributed by atoms with Gasteiger partial charge in [-0.1, -0.05) is 17.8 Å². The van der Waals surface area contributed by atoms with Crippen LogP contribution in [-0.4, -0.2) is 33.4 Å². The monoisotopic (exact) mass is 367 g/mol. The number of nitrogens with zero attached hydrogens (tertiary/aromatic N) is 3. The molecule has 0 bridgehead atoms. The van der Waals surface area contributed by atoms with E-state index in [1.54, 1.807) is 13.4 Å². The number of hydrogen-bond donors (Lipinski definition) is 0. The van der Waals surface area contributed by atoms with Gasteiger partial charge in [0.2, 0.25) is 0 Å². The lowest BCUT2D eigenvalue weighted by molar-refractivity contribution is 0.102. The second kappa shape index (κ2) is 7.74. The van der Waals surface area contributed by atoms with Gasteiger partial charge in [0.1, 0.15) is 12.1 Å². The maximum atomic E-state index is 12.7. The maximum Gasteiger partial charge on any atom is 0.196 e. The first kappa shape index (κ1) is 18.2. The summed E-state index contributed by atoms with van der Waals surface area (Å²) in [7, 11) is 1.63. The number of rotatable bonds is 6. The van der Waals surface area contributed by atoms with Crippen LogP contribution >= 0.6 is 11.8 Å². The molecule has 134 valence electrons. The van der Waals surface area contributed by atoms with Crippen molar-refractivity contribution < 1.29 is 9.53 Å². The van der Waals surface area contributed by atoms with E-state index >= 15 is 0 Å². The zero-order chi connectivity index (χ0) is 18.7. The highest BCUT2D eigenvalue weighted by Gasteiger charge is 2.14. The Balaban J connectivity index is 1.75. The van der Waals surface area contributed by atoms with Crippen LogP contribution in [0.4, 0.5) is 0 Å². The van der Waals surface area contributed by atoms with Gasteiger partial charge in [0, 0.05) is 11.3 Å². The Hall–Kier alpha value is -2.60. The molecule has 0 aliphatic rings. The highest BCUT2D eigenvalue weighted by atomic mass is 32.2. The van der Waals surface area contributed by atoms with Crippen LogP contribution in [0.5, 0.6) is 5.75 Å². The molecule has 5 nitrogen and oxygen atoms in total. The van der Waals surface area contributed by atoms with E-state index in [4.69, 9.17) is 4.74 Å². The highest BCUT2D eigenvalue weighted by molar-refractivity contribution is 7.99. The number of benzene rings is 2. The molecule has 0 radical (unpaired) electrons. The van der Waals surface area contributed by atoms with Gasteiger partial charge in [0.15, 0.2) is 10.9 Å². The van der Waals surface area contributed by atoms with Crippen molar-refractivity contribution >= 4 is 17.5 Å². The molecular formula is C20H21N3O2S. The number of Topliss-reactive ketones (excluding diaryl/α,β-unsaturated/α-hetero) is 1. The quantitative estimate of drug-likeness (QED) is 0.483. The molecule has 6 heteroatoms. The number of ketones is 1. The fraction of sp³-hybridized carbons (Fsp3) is 0.250. The van der Waals surface area contributed by atoms with Crippen LogP contribution in [0, 0.1) is 20.8 Å². The Morgan fingerprint density at radius 2 is 1.77 bits per heavy atom.